The highest BCUT2D eigenvalue weighted by molar-refractivity contribution is 14.0. The summed E-state index contributed by atoms with van der Waals surface area (Å²) < 4.78 is 0. The number of fused-ring (bicyclic) bond motifs is 1. The molecule has 25 heavy (non-hydrogen) atoms. The third-order valence-corrected chi connectivity index (χ3v) is 5.47. The van der Waals surface area contributed by atoms with Crippen LogP contribution in [0.3, 0.4) is 0 Å². The smallest absolute Gasteiger partial charge is 0.193 e. The molecule has 140 valence electrons. The number of hydrogen-bond donors (Lipinski definition) is 1. The van der Waals surface area contributed by atoms with E-state index >= 15 is 0 Å². The van der Waals surface area contributed by atoms with Crippen LogP contribution < -0.4 is 5.32 Å². The molecule has 1 fully saturated rings. The normalized spacial score (nSPS) is 21.7. The molecule has 1 saturated heterocycles. The topological polar surface area (TPSA) is 30.9 Å². The fourth-order valence-electron chi connectivity index (χ4n) is 3.98. The lowest BCUT2D eigenvalue weighted by atomic mass is 9.97. The molecule has 3 rings (SSSR count). The maximum atomic E-state index is 4.54. The van der Waals surface area contributed by atoms with Crippen LogP contribution in [0.15, 0.2) is 29.3 Å². The van der Waals surface area contributed by atoms with Crippen molar-refractivity contribution in [1.82, 2.24) is 15.1 Å². The number of guanidine groups is 1. The zero-order valence-corrected chi connectivity index (χ0v) is 18.2. The minimum absolute atomic E-state index is 0. The Balaban J connectivity index is 0.00000225. The lowest BCUT2D eigenvalue weighted by Gasteiger charge is -2.37. The molecule has 0 aromatic heterocycles. The van der Waals surface area contributed by atoms with Gasteiger partial charge < -0.3 is 15.1 Å². The van der Waals surface area contributed by atoms with Crippen molar-refractivity contribution in [2.24, 2.45) is 10.9 Å². The zero-order chi connectivity index (χ0) is 16.9. The van der Waals surface area contributed by atoms with Crippen molar-refractivity contribution in [3.8, 4) is 0 Å². The highest BCUT2D eigenvalue weighted by atomic mass is 127. The Morgan fingerprint density at radius 3 is 2.72 bits per heavy atom. The lowest BCUT2D eigenvalue weighted by molar-refractivity contribution is 0.140. The summed E-state index contributed by atoms with van der Waals surface area (Å²) in [6, 6.07) is 9.44. The SMILES string of the molecule is CN=C(NCC1CCCN(C(C)C)C1)N1CCc2ccccc2C1.I. The summed E-state index contributed by atoms with van der Waals surface area (Å²) in [5.74, 6) is 1.79. The zero-order valence-electron chi connectivity index (χ0n) is 15.9. The highest BCUT2D eigenvalue weighted by Gasteiger charge is 2.23. The molecule has 1 aromatic carbocycles. The number of nitrogens with zero attached hydrogens (tertiary/aromatic N) is 3. The predicted octanol–water partition coefficient (Wildman–Crippen LogP) is 3.36. The maximum Gasteiger partial charge on any atom is 0.193 e. The lowest BCUT2D eigenvalue weighted by Crippen LogP contribution is -2.48. The molecule has 0 spiro atoms. The van der Waals surface area contributed by atoms with Crippen LogP contribution in [0, 0.1) is 5.92 Å². The maximum absolute atomic E-state index is 4.54. The molecule has 1 unspecified atom stereocenters. The summed E-state index contributed by atoms with van der Waals surface area (Å²) in [5, 5.41) is 3.65. The molecular formula is C20H33IN4. The molecule has 2 aliphatic heterocycles. The number of hydrogen-bond acceptors (Lipinski definition) is 2. The van der Waals surface area contributed by atoms with Gasteiger partial charge in [-0.05, 0) is 56.7 Å². The molecule has 1 atom stereocenters. The van der Waals surface area contributed by atoms with E-state index in [4.69, 9.17) is 0 Å². The van der Waals surface area contributed by atoms with E-state index in [9.17, 15) is 0 Å². The molecule has 0 radical (unpaired) electrons. The molecule has 0 amide bonds. The van der Waals surface area contributed by atoms with Crippen molar-refractivity contribution >= 4 is 29.9 Å². The quantitative estimate of drug-likeness (QED) is 0.430. The monoisotopic (exact) mass is 456 g/mol. The second-order valence-electron chi connectivity index (χ2n) is 7.47. The number of piperidine rings is 1. The average Bonchev–Trinajstić information content (AvgIpc) is 2.62. The number of nitrogens with one attached hydrogen (secondary N) is 1. The minimum atomic E-state index is 0. The molecule has 0 saturated carbocycles. The first-order chi connectivity index (χ1) is 11.7. The standard InChI is InChI=1S/C20H32N4.HI/c1-16(2)23-11-6-7-17(14-23)13-22-20(21-3)24-12-10-18-8-4-5-9-19(18)15-24;/h4-5,8-9,16-17H,6-7,10-15H2,1-3H3,(H,21,22);1H. The molecule has 0 aliphatic carbocycles. The molecule has 2 heterocycles. The van der Waals surface area contributed by atoms with Gasteiger partial charge >= 0.3 is 0 Å². The predicted molar refractivity (Wildman–Crippen MR) is 117 cm³/mol. The third-order valence-electron chi connectivity index (χ3n) is 5.47. The molecule has 5 heteroatoms. The Hall–Kier alpha value is -0.820. The summed E-state index contributed by atoms with van der Waals surface area (Å²) in [7, 11) is 1.91. The van der Waals surface area contributed by atoms with Crippen LogP contribution in [-0.4, -0.2) is 55.0 Å². The van der Waals surface area contributed by atoms with Crippen molar-refractivity contribution in [2.45, 2.75) is 45.7 Å². The van der Waals surface area contributed by atoms with Crippen molar-refractivity contribution in [2.75, 3.05) is 33.2 Å². The van der Waals surface area contributed by atoms with E-state index in [0.717, 1.165) is 37.9 Å². The Bertz CT molecular complexity index is 573. The summed E-state index contributed by atoms with van der Waals surface area (Å²) in [5.41, 5.74) is 2.93. The van der Waals surface area contributed by atoms with Gasteiger partial charge in [0.2, 0.25) is 0 Å². The second-order valence-corrected chi connectivity index (χ2v) is 7.47. The molecule has 1 N–H and O–H groups in total. The van der Waals surface area contributed by atoms with Crippen molar-refractivity contribution in [1.29, 1.82) is 0 Å². The van der Waals surface area contributed by atoms with Gasteiger partial charge in [-0.15, -0.1) is 24.0 Å². The highest BCUT2D eigenvalue weighted by Crippen LogP contribution is 2.20. The second kappa shape index (κ2) is 9.76. The van der Waals surface area contributed by atoms with Crippen LogP contribution in [0.1, 0.15) is 37.8 Å². The number of rotatable bonds is 3. The van der Waals surface area contributed by atoms with Crippen molar-refractivity contribution in [3.05, 3.63) is 35.4 Å². The van der Waals surface area contributed by atoms with Gasteiger partial charge in [0.15, 0.2) is 5.96 Å². The Morgan fingerprint density at radius 2 is 2.00 bits per heavy atom. The first kappa shape index (κ1) is 20.5. The van der Waals surface area contributed by atoms with Crippen LogP contribution in [0.25, 0.3) is 0 Å². The fourth-order valence-corrected chi connectivity index (χ4v) is 3.98. The van der Waals surface area contributed by atoms with E-state index < -0.39 is 0 Å². The van der Waals surface area contributed by atoms with Gasteiger partial charge in [0, 0.05) is 39.3 Å². The van der Waals surface area contributed by atoms with E-state index in [1.807, 2.05) is 7.05 Å². The Kier molecular flexibility index (Phi) is 8.00. The molecule has 2 aliphatic rings. The third kappa shape index (κ3) is 5.33. The number of likely N-dealkylation sites (tertiary alicyclic amines) is 1. The summed E-state index contributed by atoms with van der Waals surface area (Å²) in [4.78, 5) is 9.54. The largest absolute Gasteiger partial charge is 0.356 e. The average molecular weight is 456 g/mol. The minimum Gasteiger partial charge on any atom is -0.356 e. The van der Waals surface area contributed by atoms with Crippen LogP contribution in [-0.2, 0) is 13.0 Å². The van der Waals surface area contributed by atoms with E-state index in [1.165, 1.54) is 37.1 Å². The van der Waals surface area contributed by atoms with Crippen molar-refractivity contribution < 1.29 is 0 Å². The summed E-state index contributed by atoms with van der Waals surface area (Å²) in [6.07, 6.45) is 3.76. The van der Waals surface area contributed by atoms with E-state index in [1.54, 1.807) is 0 Å². The van der Waals surface area contributed by atoms with Crippen LogP contribution in [0.2, 0.25) is 0 Å². The number of halogens is 1. The van der Waals surface area contributed by atoms with Gasteiger partial charge in [-0.2, -0.15) is 0 Å². The first-order valence-electron chi connectivity index (χ1n) is 9.43. The van der Waals surface area contributed by atoms with Crippen LogP contribution >= 0.6 is 24.0 Å². The van der Waals surface area contributed by atoms with Gasteiger partial charge in [0.05, 0.1) is 0 Å². The van der Waals surface area contributed by atoms with Gasteiger partial charge in [-0.1, -0.05) is 24.3 Å². The first-order valence-corrected chi connectivity index (χ1v) is 9.43. The van der Waals surface area contributed by atoms with Gasteiger partial charge in [-0.3, -0.25) is 4.99 Å². The number of benzene rings is 1. The molecule has 1 aromatic rings. The van der Waals surface area contributed by atoms with E-state index in [2.05, 4.69) is 58.2 Å². The van der Waals surface area contributed by atoms with Gasteiger partial charge in [0.1, 0.15) is 0 Å². The van der Waals surface area contributed by atoms with E-state index in [-0.39, 0.29) is 24.0 Å². The van der Waals surface area contributed by atoms with E-state index in [0.29, 0.717) is 6.04 Å². The molecule has 0 bridgehead atoms. The van der Waals surface area contributed by atoms with Crippen LogP contribution in [0.4, 0.5) is 0 Å². The summed E-state index contributed by atoms with van der Waals surface area (Å²) in [6.45, 7) is 10.1. The number of aliphatic imine (C=N–C) groups is 1. The van der Waals surface area contributed by atoms with Crippen molar-refractivity contribution in [3.63, 3.8) is 0 Å². The molecular weight excluding hydrogens is 423 g/mol. The van der Waals surface area contributed by atoms with Crippen LogP contribution in [0.5, 0.6) is 0 Å². The Labute approximate surface area is 170 Å². The van der Waals surface area contributed by atoms with Gasteiger partial charge in [-0.25, -0.2) is 0 Å². The molecule has 4 nitrogen and oxygen atoms in total. The summed E-state index contributed by atoms with van der Waals surface area (Å²) >= 11 is 0. The van der Waals surface area contributed by atoms with Gasteiger partial charge in [0.25, 0.3) is 0 Å². The fraction of sp³-hybridized carbons (Fsp3) is 0.650. The Morgan fingerprint density at radius 1 is 1.24 bits per heavy atom.